The first-order chi connectivity index (χ1) is 9.00. The normalized spacial score (nSPS) is 13.1. The number of aromatic hydroxyl groups is 1. The van der Waals surface area contributed by atoms with E-state index in [4.69, 9.17) is 0 Å². The summed E-state index contributed by atoms with van der Waals surface area (Å²) in [6.45, 7) is 6.19. The number of hydrogen-bond acceptors (Lipinski definition) is 2. The summed E-state index contributed by atoms with van der Waals surface area (Å²) in [7, 11) is 0. The first-order valence-corrected chi connectivity index (χ1v) is 6.46. The molecule has 2 nitrogen and oxygen atoms in total. The molecule has 2 aromatic carbocycles. The molecule has 0 fully saturated rings. The van der Waals surface area contributed by atoms with Gasteiger partial charge in [-0.05, 0) is 67.1 Å². The molecule has 0 unspecified atom stereocenters. The Labute approximate surface area is 112 Å². The minimum absolute atomic E-state index is 0.0550. The fourth-order valence-electron chi connectivity index (χ4n) is 2.89. The van der Waals surface area contributed by atoms with Crippen LogP contribution in [0.1, 0.15) is 43.7 Å². The highest BCUT2D eigenvalue weighted by Crippen LogP contribution is 2.35. The van der Waals surface area contributed by atoms with E-state index in [1.165, 1.54) is 11.1 Å². The number of ketones is 1. The number of aryl methyl sites for hydroxylation is 1. The number of rotatable bonds is 0. The maximum Gasteiger partial charge on any atom is 0.197 e. The van der Waals surface area contributed by atoms with Gasteiger partial charge in [-0.2, -0.15) is 0 Å². The third kappa shape index (κ3) is 1.60. The molecule has 0 aliphatic heterocycles. The Morgan fingerprint density at radius 2 is 1.84 bits per heavy atom. The predicted molar refractivity (Wildman–Crippen MR) is 75.0 cm³/mol. The molecule has 96 valence electrons. The molecule has 2 heteroatoms. The van der Waals surface area contributed by atoms with Crippen molar-refractivity contribution in [2.24, 2.45) is 0 Å². The molecule has 0 radical (unpaired) electrons. The minimum Gasteiger partial charge on any atom is -0.507 e. The largest absolute Gasteiger partial charge is 0.507 e. The summed E-state index contributed by atoms with van der Waals surface area (Å²) in [6, 6.07) is 7.25. The van der Waals surface area contributed by atoms with Crippen LogP contribution < -0.4 is 0 Å². The van der Waals surface area contributed by atoms with Crippen LogP contribution in [0.2, 0.25) is 0 Å². The molecule has 1 aliphatic rings. The number of phenolic OH excluding ortho intramolecular Hbond substituents is 1. The molecule has 2 aromatic rings. The number of carbonyl (C=O) groups is 1. The van der Waals surface area contributed by atoms with Crippen molar-refractivity contribution in [2.45, 2.75) is 27.2 Å². The molecule has 0 saturated carbocycles. The van der Waals surface area contributed by atoms with E-state index < -0.39 is 0 Å². The Morgan fingerprint density at radius 3 is 2.58 bits per heavy atom. The van der Waals surface area contributed by atoms with E-state index in [-0.39, 0.29) is 11.5 Å². The quantitative estimate of drug-likeness (QED) is 0.665. The van der Waals surface area contributed by atoms with Crippen LogP contribution in [0.15, 0.2) is 24.3 Å². The molecule has 0 atom stereocenters. The van der Waals surface area contributed by atoms with Crippen molar-refractivity contribution in [3.63, 3.8) is 0 Å². The third-order valence-electron chi connectivity index (χ3n) is 4.26. The summed E-state index contributed by atoms with van der Waals surface area (Å²) in [5, 5.41) is 9.92. The second-order valence-electron chi connectivity index (χ2n) is 5.29. The molecule has 0 bridgehead atoms. The van der Waals surface area contributed by atoms with Crippen molar-refractivity contribution in [2.75, 3.05) is 0 Å². The van der Waals surface area contributed by atoms with Gasteiger partial charge in [0.25, 0.3) is 0 Å². The zero-order chi connectivity index (χ0) is 13.7. The average Bonchev–Trinajstić information content (AvgIpc) is 2.38. The molecule has 0 saturated heterocycles. The van der Waals surface area contributed by atoms with Gasteiger partial charge in [0.2, 0.25) is 0 Å². The van der Waals surface area contributed by atoms with E-state index in [2.05, 4.69) is 13.8 Å². The van der Waals surface area contributed by atoms with Gasteiger partial charge in [0.1, 0.15) is 5.75 Å². The Kier molecular flexibility index (Phi) is 2.49. The number of fused-ring (bicyclic) bond motifs is 2. The van der Waals surface area contributed by atoms with Gasteiger partial charge in [0.05, 0.1) is 5.56 Å². The standard InChI is InChI=1S/C17H16O2/c1-9-7-14-13(11(3)10(9)2)8-12-5-4-6-15(18)16(12)17(14)19/h4-7,18H,8H2,1-3H3. The van der Waals surface area contributed by atoms with Crippen LogP contribution in [-0.4, -0.2) is 10.9 Å². The Bertz CT molecular complexity index is 712. The molecule has 3 rings (SSSR count). The lowest BCUT2D eigenvalue weighted by molar-refractivity contribution is 0.103. The van der Waals surface area contributed by atoms with Gasteiger partial charge in [0, 0.05) is 5.56 Å². The zero-order valence-electron chi connectivity index (χ0n) is 11.4. The topological polar surface area (TPSA) is 37.3 Å². The number of benzene rings is 2. The molecule has 1 N–H and O–H groups in total. The first kappa shape index (κ1) is 12.0. The van der Waals surface area contributed by atoms with Crippen molar-refractivity contribution >= 4 is 5.78 Å². The van der Waals surface area contributed by atoms with Crippen LogP contribution in [0.5, 0.6) is 5.75 Å². The van der Waals surface area contributed by atoms with E-state index in [1.54, 1.807) is 12.1 Å². The van der Waals surface area contributed by atoms with Crippen molar-refractivity contribution in [1.82, 2.24) is 0 Å². The first-order valence-electron chi connectivity index (χ1n) is 6.46. The fraction of sp³-hybridized carbons (Fsp3) is 0.235. The maximum absolute atomic E-state index is 12.6. The number of hydrogen-bond donors (Lipinski definition) is 1. The van der Waals surface area contributed by atoms with E-state index in [0.29, 0.717) is 5.56 Å². The van der Waals surface area contributed by atoms with Crippen molar-refractivity contribution in [3.05, 3.63) is 63.2 Å². The summed E-state index contributed by atoms with van der Waals surface area (Å²) in [5.41, 5.74) is 6.80. The van der Waals surface area contributed by atoms with Gasteiger partial charge in [-0.3, -0.25) is 4.79 Å². The molecule has 19 heavy (non-hydrogen) atoms. The minimum atomic E-state index is -0.0550. The van der Waals surface area contributed by atoms with Gasteiger partial charge >= 0.3 is 0 Å². The monoisotopic (exact) mass is 252 g/mol. The zero-order valence-corrected chi connectivity index (χ0v) is 11.4. The molecule has 1 aliphatic carbocycles. The number of phenols is 1. The third-order valence-corrected chi connectivity index (χ3v) is 4.26. The Morgan fingerprint density at radius 1 is 1.11 bits per heavy atom. The van der Waals surface area contributed by atoms with Crippen molar-refractivity contribution in [3.8, 4) is 5.75 Å². The molecular formula is C17H16O2. The Balaban J connectivity index is 2.31. The van der Waals surface area contributed by atoms with Crippen LogP contribution in [0.25, 0.3) is 0 Å². The smallest absolute Gasteiger partial charge is 0.197 e. The lowest BCUT2D eigenvalue weighted by Crippen LogP contribution is -2.17. The molecule has 0 aromatic heterocycles. The highest BCUT2D eigenvalue weighted by molar-refractivity contribution is 6.14. The molecular weight excluding hydrogens is 236 g/mol. The summed E-state index contributed by atoms with van der Waals surface area (Å²) >= 11 is 0. The second kappa shape index (κ2) is 3.95. The van der Waals surface area contributed by atoms with Crippen molar-refractivity contribution in [1.29, 1.82) is 0 Å². The lowest BCUT2D eigenvalue weighted by Gasteiger charge is -2.23. The predicted octanol–water partition coefficient (Wildman–Crippen LogP) is 3.45. The van der Waals surface area contributed by atoms with Gasteiger partial charge in [-0.15, -0.1) is 0 Å². The fourth-order valence-corrected chi connectivity index (χ4v) is 2.89. The summed E-state index contributed by atoms with van der Waals surface area (Å²) in [5.74, 6) is 0.0320. The van der Waals surface area contributed by atoms with E-state index in [1.807, 2.05) is 19.1 Å². The highest BCUT2D eigenvalue weighted by atomic mass is 16.3. The maximum atomic E-state index is 12.6. The summed E-state index contributed by atoms with van der Waals surface area (Å²) in [4.78, 5) is 12.6. The number of carbonyl (C=O) groups excluding carboxylic acids is 1. The van der Waals surface area contributed by atoms with Gasteiger partial charge in [-0.1, -0.05) is 12.1 Å². The summed E-state index contributed by atoms with van der Waals surface area (Å²) in [6.07, 6.45) is 0.720. The van der Waals surface area contributed by atoms with E-state index in [0.717, 1.165) is 28.7 Å². The van der Waals surface area contributed by atoms with Crippen LogP contribution in [-0.2, 0) is 6.42 Å². The van der Waals surface area contributed by atoms with E-state index in [9.17, 15) is 9.90 Å². The molecule has 0 heterocycles. The van der Waals surface area contributed by atoms with Crippen LogP contribution >= 0.6 is 0 Å². The van der Waals surface area contributed by atoms with Crippen LogP contribution in [0.4, 0.5) is 0 Å². The Hall–Kier alpha value is -2.09. The second-order valence-corrected chi connectivity index (χ2v) is 5.29. The van der Waals surface area contributed by atoms with Gasteiger partial charge < -0.3 is 5.11 Å². The van der Waals surface area contributed by atoms with Gasteiger partial charge in [0.15, 0.2) is 5.78 Å². The van der Waals surface area contributed by atoms with E-state index >= 15 is 0 Å². The summed E-state index contributed by atoms with van der Waals surface area (Å²) < 4.78 is 0. The van der Waals surface area contributed by atoms with Crippen LogP contribution in [0.3, 0.4) is 0 Å². The van der Waals surface area contributed by atoms with Gasteiger partial charge in [-0.25, -0.2) is 0 Å². The SMILES string of the molecule is Cc1cc2c(c(C)c1C)Cc1cccc(O)c1C2=O. The molecule has 0 amide bonds. The average molecular weight is 252 g/mol. The highest BCUT2D eigenvalue weighted by Gasteiger charge is 2.27. The van der Waals surface area contributed by atoms with Crippen LogP contribution in [0, 0.1) is 20.8 Å². The van der Waals surface area contributed by atoms with Crippen molar-refractivity contribution < 1.29 is 9.90 Å². The lowest BCUT2D eigenvalue weighted by atomic mass is 9.80. The molecule has 0 spiro atoms.